The fourth-order valence-electron chi connectivity index (χ4n) is 3.98. The topological polar surface area (TPSA) is 76.7 Å². The third kappa shape index (κ3) is 4.12. The molecule has 3 rings (SSSR count). The van der Waals surface area contributed by atoms with Crippen molar-refractivity contribution in [3.05, 3.63) is 34.5 Å². The molecule has 7 heteroatoms. The maximum absolute atomic E-state index is 13.0. The Bertz CT molecular complexity index is 783. The van der Waals surface area contributed by atoms with Crippen LogP contribution in [0.1, 0.15) is 57.9 Å². The van der Waals surface area contributed by atoms with Crippen LogP contribution < -0.4 is 15.4 Å². The molecule has 0 bridgehead atoms. The lowest BCUT2D eigenvalue weighted by Crippen LogP contribution is -2.45. The fourth-order valence-corrected chi connectivity index (χ4v) is 4.25. The van der Waals surface area contributed by atoms with Gasteiger partial charge >= 0.3 is 6.09 Å². The summed E-state index contributed by atoms with van der Waals surface area (Å²) in [5, 5.41) is 6.15. The molecule has 0 atom stereocenters. The Morgan fingerprint density at radius 1 is 1.21 bits per heavy atom. The van der Waals surface area contributed by atoms with Gasteiger partial charge in [0.05, 0.1) is 22.7 Å². The van der Waals surface area contributed by atoms with Crippen LogP contribution in [0.15, 0.2) is 24.0 Å². The molecule has 6 nitrogen and oxygen atoms in total. The average Bonchev–Trinajstić information content (AvgIpc) is 2.79. The summed E-state index contributed by atoms with van der Waals surface area (Å²) in [4.78, 5) is 25.3. The van der Waals surface area contributed by atoms with E-state index in [9.17, 15) is 9.59 Å². The molecule has 0 aromatic heterocycles. The number of amides is 2. The van der Waals surface area contributed by atoms with Crippen molar-refractivity contribution in [2.75, 3.05) is 13.2 Å². The SMILES string of the molecule is CCNC(=O)OC1=C(c2ccc(OCC)cc2Cl)C(=O)NC12CCCCCC2. The first kappa shape index (κ1) is 20.5. The van der Waals surface area contributed by atoms with Gasteiger partial charge in [0, 0.05) is 12.1 Å². The first-order valence-electron chi connectivity index (χ1n) is 9.96. The molecule has 2 N–H and O–H groups in total. The summed E-state index contributed by atoms with van der Waals surface area (Å²) in [5.74, 6) is 0.759. The molecule has 28 heavy (non-hydrogen) atoms. The third-order valence-electron chi connectivity index (χ3n) is 5.24. The molecule has 1 aliphatic heterocycles. The molecule has 0 unspecified atom stereocenters. The number of alkyl carbamates (subject to hydrolysis) is 1. The second-order valence-electron chi connectivity index (χ2n) is 7.15. The Morgan fingerprint density at radius 2 is 1.93 bits per heavy atom. The highest BCUT2D eigenvalue weighted by Crippen LogP contribution is 2.44. The Kier molecular flexibility index (Phi) is 6.50. The van der Waals surface area contributed by atoms with E-state index in [-0.39, 0.29) is 5.91 Å². The van der Waals surface area contributed by atoms with Crippen molar-refractivity contribution in [2.45, 2.75) is 57.9 Å². The van der Waals surface area contributed by atoms with Gasteiger partial charge < -0.3 is 20.1 Å². The number of hydrogen-bond acceptors (Lipinski definition) is 4. The van der Waals surface area contributed by atoms with Gasteiger partial charge in [0.15, 0.2) is 0 Å². The number of halogens is 1. The number of carbonyl (C=O) groups excluding carboxylic acids is 2. The van der Waals surface area contributed by atoms with Crippen molar-refractivity contribution in [3.63, 3.8) is 0 Å². The minimum absolute atomic E-state index is 0.257. The van der Waals surface area contributed by atoms with E-state index in [1.165, 1.54) is 0 Å². The highest BCUT2D eigenvalue weighted by atomic mass is 35.5. The van der Waals surface area contributed by atoms with Crippen molar-refractivity contribution >= 4 is 29.2 Å². The number of rotatable bonds is 5. The summed E-state index contributed by atoms with van der Waals surface area (Å²) < 4.78 is 11.2. The number of hydrogen-bond donors (Lipinski definition) is 2. The monoisotopic (exact) mass is 406 g/mol. The molecular weight excluding hydrogens is 380 g/mol. The summed E-state index contributed by atoms with van der Waals surface area (Å²) in [7, 11) is 0. The van der Waals surface area contributed by atoms with Crippen LogP contribution >= 0.6 is 11.6 Å². The predicted octanol–water partition coefficient (Wildman–Crippen LogP) is 4.42. The standard InChI is InChI=1S/C21H27ClN2O4/c1-3-23-20(26)28-18-17(15-10-9-14(27-4-2)13-16(15)22)19(25)24-21(18)11-7-5-6-8-12-21/h9-10,13H,3-8,11-12H2,1-2H3,(H,23,26)(H,24,25). The molecule has 2 amide bonds. The number of nitrogens with one attached hydrogen (secondary N) is 2. The van der Waals surface area contributed by atoms with E-state index in [4.69, 9.17) is 21.1 Å². The van der Waals surface area contributed by atoms with E-state index < -0.39 is 11.6 Å². The van der Waals surface area contributed by atoms with Crippen LogP contribution in [0, 0.1) is 0 Å². The second kappa shape index (κ2) is 8.86. The van der Waals surface area contributed by atoms with Crippen molar-refractivity contribution < 1.29 is 19.1 Å². The molecule has 1 heterocycles. The largest absolute Gasteiger partial charge is 0.494 e. The first-order valence-corrected chi connectivity index (χ1v) is 10.3. The minimum Gasteiger partial charge on any atom is -0.494 e. The van der Waals surface area contributed by atoms with E-state index in [1.807, 2.05) is 13.8 Å². The van der Waals surface area contributed by atoms with E-state index in [0.29, 0.717) is 40.8 Å². The van der Waals surface area contributed by atoms with Gasteiger partial charge in [0.1, 0.15) is 11.5 Å². The summed E-state index contributed by atoms with van der Waals surface area (Å²) >= 11 is 6.48. The van der Waals surface area contributed by atoms with Gasteiger partial charge in [-0.05, 0) is 44.9 Å². The highest BCUT2D eigenvalue weighted by molar-refractivity contribution is 6.35. The van der Waals surface area contributed by atoms with Gasteiger partial charge in [-0.25, -0.2) is 4.79 Å². The molecule has 1 aromatic carbocycles. The highest BCUT2D eigenvalue weighted by Gasteiger charge is 2.48. The first-order chi connectivity index (χ1) is 13.5. The quantitative estimate of drug-likeness (QED) is 0.758. The van der Waals surface area contributed by atoms with Crippen LogP contribution in [0.5, 0.6) is 5.75 Å². The van der Waals surface area contributed by atoms with Gasteiger partial charge in [-0.3, -0.25) is 4.79 Å². The van der Waals surface area contributed by atoms with Crippen LogP contribution in [-0.4, -0.2) is 30.7 Å². The van der Waals surface area contributed by atoms with Gasteiger partial charge in [0.2, 0.25) is 0 Å². The zero-order valence-corrected chi connectivity index (χ0v) is 17.2. The Morgan fingerprint density at radius 3 is 2.54 bits per heavy atom. The van der Waals surface area contributed by atoms with Crippen molar-refractivity contribution in [2.24, 2.45) is 0 Å². The van der Waals surface area contributed by atoms with Crippen molar-refractivity contribution in [1.82, 2.24) is 10.6 Å². The summed E-state index contributed by atoms with van der Waals surface area (Å²) in [5.41, 5.74) is 0.222. The molecule has 0 radical (unpaired) electrons. The van der Waals surface area contributed by atoms with Gasteiger partial charge in [-0.1, -0.05) is 37.3 Å². The van der Waals surface area contributed by atoms with Crippen LogP contribution in [-0.2, 0) is 9.53 Å². The number of benzene rings is 1. The van der Waals surface area contributed by atoms with E-state index >= 15 is 0 Å². The normalized spacial score (nSPS) is 18.6. The molecule has 2 aliphatic rings. The molecule has 1 aliphatic carbocycles. The van der Waals surface area contributed by atoms with Crippen LogP contribution in [0.4, 0.5) is 4.79 Å². The molecule has 1 fully saturated rings. The van der Waals surface area contributed by atoms with E-state index in [2.05, 4.69) is 10.6 Å². The zero-order chi connectivity index (χ0) is 20.1. The Labute approximate surface area is 170 Å². The maximum atomic E-state index is 13.0. The number of ether oxygens (including phenoxy) is 2. The predicted molar refractivity (Wildman–Crippen MR) is 108 cm³/mol. The van der Waals surface area contributed by atoms with Crippen LogP contribution in [0.25, 0.3) is 5.57 Å². The molecule has 1 spiro atoms. The molecule has 152 valence electrons. The number of carbonyl (C=O) groups is 2. The van der Waals surface area contributed by atoms with Crippen LogP contribution in [0.2, 0.25) is 5.02 Å². The lowest BCUT2D eigenvalue weighted by molar-refractivity contribution is -0.116. The van der Waals surface area contributed by atoms with Gasteiger partial charge in [-0.2, -0.15) is 0 Å². The van der Waals surface area contributed by atoms with Gasteiger partial charge in [0.25, 0.3) is 5.91 Å². The maximum Gasteiger partial charge on any atom is 0.412 e. The molecule has 1 saturated carbocycles. The Hall–Kier alpha value is -2.21. The second-order valence-corrected chi connectivity index (χ2v) is 7.56. The zero-order valence-electron chi connectivity index (χ0n) is 16.4. The molecule has 0 saturated heterocycles. The van der Waals surface area contributed by atoms with Gasteiger partial charge in [-0.15, -0.1) is 0 Å². The van der Waals surface area contributed by atoms with Crippen LogP contribution in [0.3, 0.4) is 0 Å². The van der Waals surface area contributed by atoms with E-state index in [0.717, 1.165) is 38.5 Å². The minimum atomic E-state index is -0.657. The molecule has 1 aromatic rings. The molecular formula is C21H27ClN2O4. The summed E-state index contributed by atoms with van der Waals surface area (Å²) in [6.45, 7) is 4.68. The lowest BCUT2D eigenvalue weighted by atomic mass is 9.88. The van der Waals surface area contributed by atoms with Crippen molar-refractivity contribution in [3.8, 4) is 5.75 Å². The van der Waals surface area contributed by atoms with Crippen molar-refractivity contribution in [1.29, 1.82) is 0 Å². The third-order valence-corrected chi connectivity index (χ3v) is 5.55. The summed E-state index contributed by atoms with van der Waals surface area (Å²) in [6, 6.07) is 5.20. The lowest BCUT2D eigenvalue weighted by Gasteiger charge is -2.30. The Balaban J connectivity index is 2.08. The smallest absolute Gasteiger partial charge is 0.412 e. The summed E-state index contributed by atoms with van der Waals surface area (Å²) in [6.07, 6.45) is 5.06. The van der Waals surface area contributed by atoms with E-state index in [1.54, 1.807) is 18.2 Å². The average molecular weight is 407 g/mol. The fraction of sp³-hybridized carbons (Fsp3) is 0.524.